The molecule has 94 valence electrons. The summed E-state index contributed by atoms with van der Waals surface area (Å²) in [5, 5.41) is 2.90. The van der Waals surface area contributed by atoms with Gasteiger partial charge in [-0.05, 0) is 25.0 Å². The lowest BCUT2D eigenvalue weighted by Gasteiger charge is -2.20. The van der Waals surface area contributed by atoms with Crippen LogP contribution >= 0.6 is 0 Å². The van der Waals surface area contributed by atoms with E-state index in [9.17, 15) is 4.79 Å². The van der Waals surface area contributed by atoms with Crippen LogP contribution in [-0.4, -0.2) is 11.9 Å². The second kappa shape index (κ2) is 5.87. The van der Waals surface area contributed by atoms with Crippen molar-refractivity contribution in [2.75, 3.05) is 0 Å². The van der Waals surface area contributed by atoms with Gasteiger partial charge in [0.25, 0.3) is 0 Å². The second-order valence-electron chi connectivity index (χ2n) is 4.71. The molecule has 4 nitrogen and oxygen atoms in total. The molecule has 1 heterocycles. The first kappa shape index (κ1) is 12.2. The van der Waals surface area contributed by atoms with Gasteiger partial charge in [-0.3, -0.25) is 4.79 Å². The number of hydrogen-bond donors (Lipinski definition) is 2. The van der Waals surface area contributed by atoms with Gasteiger partial charge in [0, 0.05) is 6.04 Å². The minimum atomic E-state index is -0.0348. The summed E-state index contributed by atoms with van der Waals surface area (Å²) >= 11 is 0. The van der Waals surface area contributed by atoms with E-state index in [2.05, 4.69) is 5.32 Å². The topological polar surface area (TPSA) is 68.3 Å². The predicted molar refractivity (Wildman–Crippen MR) is 65.1 cm³/mol. The Morgan fingerprint density at radius 1 is 1.41 bits per heavy atom. The summed E-state index contributed by atoms with van der Waals surface area (Å²) in [4.78, 5) is 12.0. The van der Waals surface area contributed by atoms with Gasteiger partial charge in [0.15, 0.2) is 0 Å². The molecule has 1 aromatic heterocycles. The maximum atomic E-state index is 12.0. The van der Waals surface area contributed by atoms with Gasteiger partial charge in [-0.1, -0.05) is 19.3 Å². The highest BCUT2D eigenvalue weighted by Gasteiger charge is 2.26. The molecule has 0 aliphatic heterocycles. The van der Waals surface area contributed by atoms with Crippen LogP contribution in [0.1, 0.15) is 37.9 Å². The van der Waals surface area contributed by atoms with Crippen LogP contribution in [0.5, 0.6) is 0 Å². The van der Waals surface area contributed by atoms with Crippen molar-refractivity contribution in [3.8, 4) is 0 Å². The van der Waals surface area contributed by atoms with E-state index in [1.165, 1.54) is 6.42 Å². The third kappa shape index (κ3) is 3.33. The Morgan fingerprint density at radius 3 is 3.00 bits per heavy atom. The zero-order chi connectivity index (χ0) is 12.1. The number of carbonyl (C=O) groups is 1. The van der Waals surface area contributed by atoms with Gasteiger partial charge in [0.05, 0.1) is 18.7 Å². The average molecular weight is 236 g/mol. The molecular weight excluding hydrogens is 216 g/mol. The summed E-state index contributed by atoms with van der Waals surface area (Å²) < 4.78 is 5.18. The third-order valence-electron chi connectivity index (χ3n) is 3.42. The fraction of sp³-hybridized carbons (Fsp3) is 0.615. The molecule has 0 radical (unpaired) electrons. The molecule has 0 aromatic carbocycles. The monoisotopic (exact) mass is 236 g/mol. The van der Waals surface area contributed by atoms with Crippen LogP contribution in [-0.2, 0) is 11.3 Å². The van der Waals surface area contributed by atoms with E-state index < -0.39 is 0 Å². The molecule has 1 aliphatic rings. The molecule has 1 aliphatic carbocycles. The van der Waals surface area contributed by atoms with Crippen LogP contribution in [0.4, 0.5) is 0 Å². The average Bonchev–Trinajstić information content (AvgIpc) is 2.75. The minimum absolute atomic E-state index is 0.00843. The standard InChI is InChI=1S/C13H20N2O2/c14-12-7-3-1-2-6-11(12)13(16)15-9-10-5-4-8-17-10/h4-5,8,11-12H,1-3,6-7,9,14H2,(H,15,16). The number of rotatable bonds is 3. The third-order valence-corrected chi connectivity index (χ3v) is 3.42. The Labute approximate surface area is 102 Å². The zero-order valence-electron chi connectivity index (χ0n) is 10.0. The Balaban J connectivity index is 1.85. The van der Waals surface area contributed by atoms with Crippen molar-refractivity contribution in [2.24, 2.45) is 11.7 Å². The molecule has 1 aromatic rings. The fourth-order valence-electron chi connectivity index (χ4n) is 2.38. The smallest absolute Gasteiger partial charge is 0.225 e. The normalized spacial score (nSPS) is 25.2. The van der Waals surface area contributed by atoms with Crippen molar-refractivity contribution in [2.45, 2.75) is 44.7 Å². The van der Waals surface area contributed by atoms with E-state index in [0.717, 1.165) is 31.4 Å². The van der Waals surface area contributed by atoms with Gasteiger partial charge >= 0.3 is 0 Å². The molecule has 2 atom stereocenters. The van der Waals surface area contributed by atoms with Crippen LogP contribution in [0.2, 0.25) is 0 Å². The number of amides is 1. The quantitative estimate of drug-likeness (QED) is 0.786. The summed E-state index contributed by atoms with van der Waals surface area (Å²) in [7, 11) is 0. The number of carbonyl (C=O) groups excluding carboxylic acids is 1. The van der Waals surface area contributed by atoms with Gasteiger partial charge in [-0.25, -0.2) is 0 Å². The van der Waals surface area contributed by atoms with Gasteiger partial charge in [0.2, 0.25) is 5.91 Å². The van der Waals surface area contributed by atoms with E-state index in [1.807, 2.05) is 12.1 Å². The van der Waals surface area contributed by atoms with Crippen LogP contribution < -0.4 is 11.1 Å². The molecule has 3 N–H and O–H groups in total. The number of hydrogen-bond acceptors (Lipinski definition) is 3. The molecule has 1 amide bonds. The van der Waals surface area contributed by atoms with Crippen molar-refractivity contribution in [1.82, 2.24) is 5.32 Å². The first-order valence-corrected chi connectivity index (χ1v) is 6.33. The second-order valence-corrected chi connectivity index (χ2v) is 4.71. The van der Waals surface area contributed by atoms with E-state index >= 15 is 0 Å². The van der Waals surface area contributed by atoms with Crippen LogP contribution in [0, 0.1) is 5.92 Å². The van der Waals surface area contributed by atoms with E-state index in [0.29, 0.717) is 6.54 Å². The van der Waals surface area contributed by atoms with Crippen molar-refractivity contribution in [1.29, 1.82) is 0 Å². The van der Waals surface area contributed by atoms with Crippen LogP contribution in [0.15, 0.2) is 22.8 Å². The summed E-state index contributed by atoms with van der Waals surface area (Å²) in [5.74, 6) is 0.809. The fourth-order valence-corrected chi connectivity index (χ4v) is 2.38. The van der Waals surface area contributed by atoms with Crippen molar-refractivity contribution >= 4 is 5.91 Å². The number of furan rings is 1. The van der Waals surface area contributed by atoms with Crippen molar-refractivity contribution in [3.63, 3.8) is 0 Å². The van der Waals surface area contributed by atoms with E-state index in [4.69, 9.17) is 10.2 Å². The van der Waals surface area contributed by atoms with E-state index in [1.54, 1.807) is 6.26 Å². The molecule has 2 rings (SSSR count). The maximum absolute atomic E-state index is 12.0. The number of nitrogens with one attached hydrogen (secondary N) is 1. The molecule has 2 unspecified atom stereocenters. The van der Waals surface area contributed by atoms with Gasteiger partial charge in [0.1, 0.15) is 5.76 Å². The first-order chi connectivity index (χ1) is 8.27. The molecule has 0 spiro atoms. The van der Waals surface area contributed by atoms with Crippen molar-refractivity contribution in [3.05, 3.63) is 24.2 Å². The van der Waals surface area contributed by atoms with Gasteiger partial charge < -0.3 is 15.5 Å². The summed E-state index contributed by atoms with van der Waals surface area (Å²) in [6.45, 7) is 0.453. The lowest BCUT2D eigenvalue weighted by Crippen LogP contribution is -2.41. The molecule has 1 saturated carbocycles. The predicted octanol–water partition coefficient (Wildman–Crippen LogP) is 1.80. The molecular formula is C13H20N2O2. The summed E-state index contributed by atoms with van der Waals surface area (Å²) in [5.41, 5.74) is 6.04. The Hall–Kier alpha value is -1.29. The van der Waals surface area contributed by atoms with Gasteiger partial charge in [-0.2, -0.15) is 0 Å². The Morgan fingerprint density at radius 2 is 2.24 bits per heavy atom. The number of nitrogens with two attached hydrogens (primary N) is 1. The SMILES string of the molecule is NC1CCCCCC1C(=O)NCc1ccco1. The largest absolute Gasteiger partial charge is 0.467 e. The maximum Gasteiger partial charge on any atom is 0.225 e. The van der Waals surface area contributed by atoms with Crippen molar-refractivity contribution < 1.29 is 9.21 Å². The van der Waals surface area contributed by atoms with Crippen LogP contribution in [0.25, 0.3) is 0 Å². The molecule has 17 heavy (non-hydrogen) atoms. The lowest BCUT2D eigenvalue weighted by molar-refractivity contribution is -0.126. The van der Waals surface area contributed by atoms with E-state index in [-0.39, 0.29) is 17.9 Å². The Kier molecular flexibility index (Phi) is 4.20. The summed E-state index contributed by atoms with van der Waals surface area (Å²) in [6.07, 6.45) is 6.91. The summed E-state index contributed by atoms with van der Waals surface area (Å²) in [6, 6.07) is 3.68. The minimum Gasteiger partial charge on any atom is -0.467 e. The molecule has 1 fully saturated rings. The molecule has 4 heteroatoms. The molecule has 0 saturated heterocycles. The van der Waals surface area contributed by atoms with Crippen LogP contribution in [0.3, 0.4) is 0 Å². The zero-order valence-corrected chi connectivity index (χ0v) is 10.0. The highest BCUT2D eigenvalue weighted by atomic mass is 16.3. The van der Waals surface area contributed by atoms with Gasteiger partial charge in [-0.15, -0.1) is 0 Å². The first-order valence-electron chi connectivity index (χ1n) is 6.33. The highest BCUT2D eigenvalue weighted by molar-refractivity contribution is 5.79. The molecule has 0 bridgehead atoms. The lowest BCUT2D eigenvalue weighted by atomic mass is 9.94. The highest BCUT2D eigenvalue weighted by Crippen LogP contribution is 2.22. The Bertz CT molecular complexity index is 348.